The molecule has 0 radical (unpaired) electrons. The molecule has 4 aromatic rings. The van der Waals surface area contributed by atoms with Gasteiger partial charge in [-0.15, -0.1) is 11.3 Å². The van der Waals surface area contributed by atoms with E-state index in [-0.39, 0.29) is 67.0 Å². The quantitative estimate of drug-likeness (QED) is 0.257. The minimum Gasteiger partial charge on any atom is -0.461 e. The third kappa shape index (κ3) is 4.53. The summed E-state index contributed by atoms with van der Waals surface area (Å²) >= 11 is 7.80. The van der Waals surface area contributed by atoms with E-state index in [0.29, 0.717) is 37.4 Å². The van der Waals surface area contributed by atoms with Crippen LogP contribution in [0.25, 0.3) is 32.1 Å². The van der Waals surface area contributed by atoms with Crippen molar-refractivity contribution in [3.63, 3.8) is 0 Å². The van der Waals surface area contributed by atoms with Crippen LogP contribution in [0.15, 0.2) is 18.2 Å². The Hall–Kier alpha value is -3.37. The number of halogens is 4. The molecule has 0 saturated carbocycles. The van der Waals surface area contributed by atoms with Crippen molar-refractivity contribution in [1.29, 1.82) is 5.26 Å². The average molecular weight is 655 g/mol. The number of piperidine rings is 1. The van der Waals surface area contributed by atoms with Crippen molar-refractivity contribution in [3.8, 4) is 23.2 Å². The number of aromatic nitrogens is 2. The minimum absolute atomic E-state index is 0.000448. The van der Waals surface area contributed by atoms with Gasteiger partial charge in [-0.05, 0) is 56.3 Å². The first-order chi connectivity index (χ1) is 21.8. The number of rotatable bonds is 5. The van der Waals surface area contributed by atoms with Gasteiger partial charge >= 0.3 is 6.01 Å². The van der Waals surface area contributed by atoms with Crippen molar-refractivity contribution >= 4 is 54.7 Å². The van der Waals surface area contributed by atoms with Crippen LogP contribution in [0, 0.1) is 23.0 Å². The van der Waals surface area contributed by atoms with Crippen LogP contribution in [0.4, 0.5) is 24.0 Å². The Balaban J connectivity index is 1.31. The Morgan fingerprint density at radius 3 is 2.78 bits per heavy atom. The van der Waals surface area contributed by atoms with Gasteiger partial charge in [-0.2, -0.15) is 15.2 Å². The molecular formula is C32H30ClF3N6O2S. The third-order valence-electron chi connectivity index (χ3n) is 10.00. The molecule has 2 bridgehead atoms. The van der Waals surface area contributed by atoms with Crippen LogP contribution in [0.5, 0.6) is 6.01 Å². The molecule has 45 heavy (non-hydrogen) atoms. The molecule has 6 heterocycles. The van der Waals surface area contributed by atoms with Crippen LogP contribution in [0.2, 0.25) is 5.02 Å². The van der Waals surface area contributed by atoms with Gasteiger partial charge < -0.3 is 20.1 Å². The molecule has 4 atom stereocenters. The highest BCUT2D eigenvalue weighted by Crippen LogP contribution is 2.47. The number of fused-ring (bicyclic) bond motifs is 5. The molecule has 13 heteroatoms. The lowest BCUT2D eigenvalue weighted by Crippen LogP contribution is -2.55. The van der Waals surface area contributed by atoms with Gasteiger partial charge in [0.25, 0.3) is 0 Å². The second-order valence-electron chi connectivity index (χ2n) is 12.6. The van der Waals surface area contributed by atoms with E-state index in [1.54, 1.807) is 6.07 Å². The molecular weight excluding hydrogens is 625 g/mol. The van der Waals surface area contributed by atoms with Gasteiger partial charge in [0.05, 0.1) is 46.1 Å². The number of benzene rings is 2. The van der Waals surface area contributed by atoms with Crippen LogP contribution < -0.4 is 15.4 Å². The monoisotopic (exact) mass is 654 g/mol. The molecule has 4 fully saturated rings. The predicted molar refractivity (Wildman–Crippen MR) is 168 cm³/mol. The van der Waals surface area contributed by atoms with Crippen molar-refractivity contribution in [2.45, 2.75) is 62.3 Å². The summed E-state index contributed by atoms with van der Waals surface area (Å²) in [4.78, 5) is 13.8. The Morgan fingerprint density at radius 2 is 2.00 bits per heavy atom. The number of morpholine rings is 1. The maximum atomic E-state index is 17.0. The fourth-order valence-corrected chi connectivity index (χ4v) is 9.25. The molecule has 0 amide bonds. The first kappa shape index (κ1) is 29.1. The number of nitrogens with zero attached hydrogens (tertiary/aromatic N) is 5. The number of anilines is 2. The zero-order valence-corrected chi connectivity index (χ0v) is 25.9. The van der Waals surface area contributed by atoms with Crippen molar-refractivity contribution in [3.05, 3.63) is 40.4 Å². The molecule has 0 aliphatic carbocycles. The van der Waals surface area contributed by atoms with Crippen LogP contribution >= 0.6 is 22.9 Å². The number of nitrogen functional groups attached to an aromatic ring is 1. The Kier molecular flexibility index (Phi) is 7.02. The number of alkyl halides is 1. The highest BCUT2D eigenvalue weighted by Gasteiger charge is 2.49. The summed E-state index contributed by atoms with van der Waals surface area (Å²) < 4.78 is 58.6. The number of nitrogens with two attached hydrogens (primary N) is 1. The van der Waals surface area contributed by atoms with Gasteiger partial charge in [0.15, 0.2) is 5.82 Å². The molecule has 8 rings (SSSR count). The molecule has 4 aliphatic heterocycles. The van der Waals surface area contributed by atoms with E-state index < -0.39 is 23.3 Å². The van der Waals surface area contributed by atoms with Crippen molar-refractivity contribution < 1.29 is 22.6 Å². The number of hydrogen-bond donors (Lipinski definition) is 1. The number of hydrogen-bond acceptors (Lipinski definition) is 9. The van der Waals surface area contributed by atoms with E-state index in [9.17, 15) is 14.0 Å². The van der Waals surface area contributed by atoms with E-state index in [1.807, 2.05) is 6.07 Å². The fraction of sp³-hybridized carbons (Fsp3) is 0.469. The molecule has 4 saturated heterocycles. The van der Waals surface area contributed by atoms with Crippen LogP contribution in [-0.4, -0.2) is 71.6 Å². The maximum Gasteiger partial charge on any atom is 0.319 e. The molecule has 2 aromatic heterocycles. The topological polar surface area (TPSA) is 101 Å². The second kappa shape index (κ2) is 10.9. The lowest BCUT2D eigenvalue weighted by atomic mass is 9.93. The van der Waals surface area contributed by atoms with Crippen LogP contribution in [-0.2, 0) is 4.74 Å². The van der Waals surface area contributed by atoms with E-state index in [2.05, 4.69) is 14.8 Å². The molecule has 234 valence electrons. The van der Waals surface area contributed by atoms with Crippen molar-refractivity contribution in [1.82, 2.24) is 14.9 Å². The van der Waals surface area contributed by atoms with Gasteiger partial charge in [0.1, 0.15) is 41.0 Å². The van der Waals surface area contributed by atoms with Crippen molar-refractivity contribution in [2.24, 2.45) is 0 Å². The lowest BCUT2D eigenvalue weighted by Gasteiger charge is -2.46. The SMILES string of the molecule is N#Cc1c(N)sc2c(F)ccc(-c3c(Cl)cc4c(N5C6CCCC5COC6)nc(OC[C@@]56CCCN5C[C@H](F)C6)nc4c3F)c12. The van der Waals surface area contributed by atoms with E-state index in [0.717, 1.165) is 50.0 Å². The highest BCUT2D eigenvalue weighted by atomic mass is 35.5. The van der Waals surface area contributed by atoms with Gasteiger partial charge in [-0.3, -0.25) is 4.90 Å². The van der Waals surface area contributed by atoms with Gasteiger partial charge in [0.2, 0.25) is 0 Å². The highest BCUT2D eigenvalue weighted by molar-refractivity contribution is 7.23. The number of ether oxygens (including phenoxy) is 2. The minimum atomic E-state index is -0.922. The average Bonchev–Trinajstić information content (AvgIpc) is 3.66. The summed E-state index contributed by atoms with van der Waals surface area (Å²) in [6.07, 6.45) is 4.06. The molecule has 8 nitrogen and oxygen atoms in total. The van der Waals surface area contributed by atoms with Crippen LogP contribution in [0.3, 0.4) is 0 Å². The first-order valence-corrected chi connectivity index (χ1v) is 16.5. The van der Waals surface area contributed by atoms with E-state index >= 15 is 4.39 Å². The molecule has 2 aromatic carbocycles. The normalized spacial score (nSPS) is 26.5. The van der Waals surface area contributed by atoms with Gasteiger partial charge in [-0.25, -0.2) is 13.2 Å². The largest absolute Gasteiger partial charge is 0.461 e. The summed E-state index contributed by atoms with van der Waals surface area (Å²) in [6.45, 7) is 2.42. The number of thiophene rings is 1. The zero-order valence-electron chi connectivity index (χ0n) is 24.3. The maximum absolute atomic E-state index is 17.0. The third-order valence-corrected chi connectivity index (χ3v) is 11.3. The lowest BCUT2D eigenvalue weighted by molar-refractivity contribution is 0.0458. The second-order valence-corrected chi connectivity index (χ2v) is 14.0. The molecule has 0 spiro atoms. The van der Waals surface area contributed by atoms with Gasteiger partial charge in [0, 0.05) is 29.3 Å². The fourth-order valence-electron chi connectivity index (χ4n) is 8.00. The zero-order chi connectivity index (χ0) is 31.0. The molecule has 2 unspecified atom stereocenters. The number of nitriles is 1. The van der Waals surface area contributed by atoms with Crippen LogP contribution in [0.1, 0.15) is 44.1 Å². The summed E-state index contributed by atoms with van der Waals surface area (Å²) in [7, 11) is 0. The van der Waals surface area contributed by atoms with Gasteiger partial charge in [-0.1, -0.05) is 17.7 Å². The smallest absolute Gasteiger partial charge is 0.319 e. The van der Waals surface area contributed by atoms with E-state index in [1.165, 1.54) is 12.1 Å². The molecule has 4 aliphatic rings. The summed E-state index contributed by atoms with van der Waals surface area (Å²) in [5, 5.41) is 10.7. The standard InChI is InChI=1S/C32H30ClF3N6O2S/c33-22-9-20-27(26(36)25(22)19-5-6-23(35)28-24(19)21(11-37)29(38)45-28)39-31(44-15-32-7-2-8-41(32)12-16(34)10-32)40-30(20)42-17-3-1-4-18(42)14-43-13-17/h5-6,9,16-18H,1-4,7-8,10,12-15,38H2/t16-,17?,18?,32+/m1/s1. The molecule has 2 N–H and O–H groups in total. The Bertz CT molecular complexity index is 1880. The first-order valence-electron chi connectivity index (χ1n) is 15.3. The summed E-state index contributed by atoms with van der Waals surface area (Å²) in [6, 6.07) is 6.39. The Labute approximate surface area is 266 Å². The summed E-state index contributed by atoms with van der Waals surface area (Å²) in [5.74, 6) is -0.791. The Morgan fingerprint density at radius 1 is 1.20 bits per heavy atom. The summed E-state index contributed by atoms with van der Waals surface area (Å²) in [5.41, 5.74) is 5.91. The van der Waals surface area contributed by atoms with Crippen molar-refractivity contribution in [2.75, 3.05) is 43.5 Å². The predicted octanol–water partition coefficient (Wildman–Crippen LogP) is 6.61. The van der Waals surface area contributed by atoms with E-state index in [4.69, 9.17) is 31.8 Å².